The first-order chi connectivity index (χ1) is 6.82. The molecule has 1 fully saturated rings. The van der Waals surface area contributed by atoms with Gasteiger partial charge in [0.25, 0.3) is 0 Å². The van der Waals surface area contributed by atoms with Gasteiger partial charge in [-0.05, 0) is 27.2 Å². The molecule has 3 nitrogen and oxygen atoms in total. The highest BCUT2D eigenvalue weighted by Crippen LogP contribution is 2.40. The molecule has 0 amide bonds. The number of thioether (sulfide) groups is 1. The summed E-state index contributed by atoms with van der Waals surface area (Å²) in [7, 11) is -1.10. The van der Waals surface area contributed by atoms with Crippen molar-refractivity contribution in [2.75, 3.05) is 11.5 Å². The minimum atomic E-state index is -1.10. The van der Waals surface area contributed by atoms with Crippen LogP contribution in [0.4, 0.5) is 0 Å². The van der Waals surface area contributed by atoms with Crippen molar-refractivity contribution in [1.82, 2.24) is 0 Å². The van der Waals surface area contributed by atoms with Gasteiger partial charge in [-0.1, -0.05) is 6.92 Å². The summed E-state index contributed by atoms with van der Waals surface area (Å²) in [5.74, 6) is 1.05. The third-order valence-electron chi connectivity index (χ3n) is 2.15. The van der Waals surface area contributed by atoms with Crippen molar-refractivity contribution in [2.24, 2.45) is 0 Å². The third-order valence-corrected chi connectivity index (χ3v) is 6.41. The molecule has 1 heterocycles. The minimum absolute atomic E-state index is 0.321. The van der Waals surface area contributed by atoms with Gasteiger partial charge in [0.1, 0.15) is 5.60 Å². The Hall–Kier alpha value is -0.0300. The van der Waals surface area contributed by atoms with Gasteiger partial charge >= 0.3 is 5.97 Å². The summed E-state index contributed by atoms with van der Waals surface area (Å²) < 4.78 is 16.4. The maximum absolute atomic E-state index is 12.0. The highest BCUT2D eigenvalue weighted by atomic mass is 32.2. The average Bonchev–Trinajstić information content (AvgIpc) is 2.44. The van der Waals surface area contributed by atoms with E-state index in [2.05, 4.69) is 0 Å². The molecule has 0 bridgehead atoms. The molecule has 1 saturated heterocycles. The molecule has 0 saturated carbocycles. The van der Waals surface area contributed by atoms with E-state index < -0.39 is 20.5 Å². The van der Waals surface area contributed by atoms with Crippen molar-refractivity contribution in [3.63, 3.8) is 0 Å². The maximum atomic E-state index is 12.0. The van der Waals surface area contributed by atoms with E-state index in [4.69, 9.17) is 4.74 Å². The van der Waals surface area contributed by atoms with E-state index in [1.54, 1.807) is 0 Å². The second-order valence-electron chi connectivity index (χ2n) is 4.51. The lowest BCUT2D eigenvalue weighted by atomic mass is 10.2. The third kappa shape index (κ3) is 2.75. The van der Waals surface area contributed by atoms with E-state index in [1.807, 2.05) is 27.7 Å². The highest BCUT2D eigenvalue weighted by Gasteiger charge is 2.49. The van der Waals surface area contributed by atoms with Crippen LogP contribution in [0.1, 0.15) is 34.1 Å². The molecule has 1 aliphatic heterocycles. The van der Waals surface area contributed by atoms with Crippen LogP contribution in [0.15, 0.2) is 0 Å². The van der Waals surface area contributed by atoms with Crippen LogP contribution in [0.2, 0.25) is 0 Å². The Kier molecular flexibility index (Phi) is 3.87. The highest BCUT2D eigenvalue weighted by molar-refractivity contribution is 8.16. The van der Waals surface area contributed by atoms with Gasteiger partial charge in [-0.25, -0.2) is 4.79 Å². The molecular formula is C10H18O3S2. The zero-order valence-corrected chi connectivity index (χ0v) is 11.3. The first-order valence-corrected chi connectivity index (χ1v) is 7.38. The molecule has 1 aliphatic rings. The molecule has 0 aromatic heterocycles. The van der Waals surface area contributed by atoms with Crippen LogP contribution in [0.25, 0.3) is 0 Å². The fourth-order valence-corrected chi connectivity index (χ4v) is 4.97. The summed E-state index contributed by atoms with van der Waals surface area (Å²) in [4.78, 5) is 12.0. The summed E-state index contributed by atoms with van der Waals surface area (Å²) in [5, 5.41) is 0. The minimum Gasteiger partial charge on any atom is -0.458 e. The largest absolute Gasteiger partial charge is 0.458 e. The van der Waals surface area contributed by atoms with E-state index >= 15 is 0 Å². The SMILES string of the molecule is CC[C@]1(C(=O)OC(C)(C)C)SCCS1=O. The molecule has 0 N–H and O–H groups in total. The molecule has 0 spiro atoms. The smallest absolute Gasteiger partial charge is 0.335 e. The lowest BCUT2D eigenvalue weighted by Crippen LogP contribution is -2.41. The molecule has 88 valence electrons. The standard InChI is InChI=1S/C10H18O3S2/c1-5-10(14-6-7-15(10)12)8(11)13-9(2,3)4/h5-7H2,1-4H3/t10-,15?/m0/s1. The normalized spacial score (nSPS) is 31.6. The van der Waals surface area contributed by atoms with Gasteiger partial charge in [0.15, 0.2) is 4.08 Å². The molecule has 1 rings (SSSR count). The second kappa shape index (κ2) is 4.45. The molecule has 0 radical (unpaired) electrons. The molecule has 5 heteroatoms. The number of hydrogen-bond acceptors (Lipinski definition) is 4. The van der Waals surface area contributed by atoms with E-state index in [0.717, 1.165) is 5.75 Å². The number of ether oxygens (including phenoxy) is 1. The van der Waals surface area contributed by atoms with Crippen LogP contribution < -0.4 is 0 Å². The zero-order chi connectivity index (χ0) is 11.7. The van der Waals surface area contributed by atoms with E-state index in [-0.39, 0.29) is 5.97 Å². The van der Waals surface area contributed by atoms with Crippen molar-refractivity contribution >= 4 is 28.5 Å². The molecule has 0 aliphatic carbocycles. The second-order valence-corrected chi connectivity index (χ2v) is 7.95. The summed E-state index contributed by atoms with van der Waals surface area (Å²) in [6.07, 6.45) is 0.569. The fourth-order valence-electron chi connectivity index (χ4n) is 1.43. The van der Waals surface area contributed by atoms with Gasteiger partial charge in [0.2, 0.25) is 0 Å². The molecular weight excluding hydrogens is 232 g/mol. The van der Waals surface area contributed by atoms with E-state index in [0.29, 0.717) is 12.2 Å². The van der Waals surface area contributed by atoms with Crippen molar-refractivity contribution in [1.29, 1.82) is 0 Å². The fraction of sp³-hybridized carbons (Fsp3) is 0.900. The van der Waals surface area contributed by atoms with Gasteiger partial charge in [-0.15, -0.1) is 11.8 Å². The topological polar surface area (TPSA) is 43.4 Å². The maximum Gasteiger partial charge on any atom is 0.335 e. The Morgan fingerprint density at radius 1 is 1.53 bits per heavy atom. The molecule has 0 aromatic rings. The quantitative estimate of drug-likeness (QED) is 0.702. The summed E-state index contributed by atoms with van der Waals surface area (Å²) in [5.41, 5.74) is -0.507. The van der Waals surface area contributed by atoms with Crippen LogP contribution >= 0.6 is 11.8 Å². The van der Waals surface area contributed by atoms with Crippen molar-refractivity contribution in [2.45, 2.75) is 43.8 Å². The first-order valence-electron chi connectivity index (χ1n) is 5.08. The van der Waals surface area contributed by atoms with Gasteiger partial charge in [0.05, 0.1) is 0 Å². The summed E-state index contributed by atoms with van der Waals surface area (Å²) >= 11 is 1.47. The molecule has 15 heavy (non-hydrogen) atoms. The van der Waals surface area contributed by atoms with Gasteiger partial charge in [0, 0.05) is 22.3 Å². The Labute approximate surface area is 97.8 Å². The van der Waals surface area contributed by atoms with E-state index in [1.165, 1.54) is 11.8 Å². The Bertz CT molecular complexity index is 283. The number of hydrogen-bond donors (Lipinski definition) is 0. The van der Waals surface area contributed by atoms with Crippen molar-refractivity contribution < 1.29 is 13.7 Å². The monoisotopic (exact) mass is 250 g/mol. The van der Waals surface area contributed by atoms with Gasteiger partial charge < -0.3 is 4.74 Å². The summed E-state index contributed by atoms with van der Waals surface area (Å²) in [6, 6.07) is 0. The van der Waals surface area contributed by atoms with Crippen LogP contribution in [-0.4, -0.2) is 31.4 Å². The molecule has 2 atom stereocenters. The number of rotatable bonds is 2. The van der Waals surface area contributed by atoms with Crippen molar-refractivity contribution in [3.8, 4) is 0 Å². The lowest BCUT2D eigenvalue weighted by Gasteiger charge is -2.28. The van der Waals surface area contributed by atoms with Crippen molar-refractivity contribution in [3.05, 3.63) is 0 Å². The zero-order valence-electron chi connectivity index (χ0n) is 9.66. The van der Waals surface area contributed by atoms with Gasteiger partial charge in [-0.3, -0.25) is 4.21 Å². The predicted octanol–water partition coefficient (Wildman–Crippen LogP) is 1.93. The Morgan fingerprint density at radius 3 is 2.47 bits per heavy atom. The number of esters is 1. The number of carbonyl (C=O) groups excluding carboxylic acids is 1. The summed E-state index contributed by atoms with van der Waals surface area (Å²) in [6.45, 7) is 7.38. The van der Waals surface area contributed by atoms with Crippen LogP contribution in [-0.2, 0) is 20.3 Å². The van der Waals surface area contributed by atoms with Gasteiger partial charge in [-0.2, -0.15) is 0 Å². The van der Waals surface area contributed by atoms with Crippen LogP contribution in [0.5, 0.6) is 0 Å². The molecule has 1 unspecified atom stereocenters. The predicted molar refractivity (Wildman–Crippen MR) is 64.3 cm³/mol. The lowest BCUT2D eigenvalue weighted by molar-refractivity contribution is -0.155. The van der Waals surface area contributed by atoms with Crippen LogP contribution in [0, 0.1) is 0 Å². The Morgan fingerprint density at radius 2 is 2.13 bits per heavy atom. The van der Waals surface area contributed by atoms with Crippen LogP contribution in [0.3, 0.4) is 0 Å². The van der Waals surface area contributed by atoms with E-state index in [9.17, 15) is 9.00 Å². The average molecular weight is 250 g/mol. The first kappa shape index (κ1) is 13.0. The molecule has 0 aromatic carbocycles. The Balaban J connectivity index is 2.83. The number of carbonyl (C=O) groups is 1.